The number of phenolic OH excluding ortho intramolecular Hbond substituents is 1. The molecule has 0 bridgehead atoms. The lowest BCUT2D eigenvalue weighted by Crippen LogP contribution is -2.24. The van der Waals surface area contributed by atoms with E-state index in [2.05, 4.69) is 0 Å². The van der Waals surface area contributed by atoms with Gasteiger partial charge in [-0.1, -0.05) is 12.1 Å². The maximum atomic E-state index is 12.8. The van der Waals surface area contributed by atoms with Gasteiger partial charge in [-0.3, -0.25) is 9.18 Å². The van der Waals surface area contributed by atoms with Crippen LogP contribution in [0, 0.1) is 5.92 Å². The van der Waals surface area contributed by atoms with Crippen LogP contribution in [0.15, 0.2) is 24.3 Å². The molecule has 0 spiro atoms. The quantitative estimate of drug-likeness (QED) is 0.831. The smallest absolute Gasteiger partial charge is 0.223 e. The molecule has 1 aliphatic rings. The highest BCUT2D eigenvalue weighted by Crippen LogP contribution is 2.37. The molecule has 2 atom stereocenters. The van der Waals surface area contributed by atoms with Gasteiger partial charge in [0.05, 0.1) is 12.7 Å². The van der Waals surface area contributed by atoms with Crippen molar-refractivity contribution in [1.29, 1.82) is 0 Å². The van der Waals surface area contributed by atoms with Gasteiger partial charge in [0.25, 0.3) is 0 Å². The van der Waals surface area contributed by atoms with E-state index in [4.69, 9.17) is 0 Å². The van der Waals surface area contributed by atoms with Crippen LogP contribution in [0.3, 0.4) is 0 Å². The molecule has 2 rings (SSSR count). The van der Waals surface area contributed by atoms with Gasteiger partial charge in [-0.05, 0) is 17.7 Å². The number of aromatic hydroxyl groups is 1. The highest BCUT2D eigenvalue weighted by molar-refractivity contribution is 5.79. The first-order valence-electron chi connectivity index (χ1n) is 5.24. The van der Waals surface area contributed by atoms with Crippen LogP contribution in [0.25, 0.3) is 0 Å². The molecule has 0 aliphatic carbocycles. The Kier molecular flexibility index (Phi) is 2.81. The molecule has 1 heterocycles. The first kappa shape index (κ1) is 10.9. The number of hydrogen-bond acceptors (Lipinski definition) is 2. The molecule has 16 heavy (non-hydrogen) atoms. The van der Waals surface area contributed by atoms with Crippen molar-refractivity contribution in [1.82, 2.24) is 4.90 Å². The molecule has 1 aliphatic heterocycles. The van der Waals surface area contributed by atoms with Gasteiger partial charge in [-0.15, -0.1) is 0 Å². The van der Waals surface area contributed by atoms with E-state index in [1.807, 2.05) is 0 Å². The lowest BCUT2D eigenvalue weighted by atomic mass is 9.95. The topological polar surface area (TPSA) is 40.5 Å². The average Bonchev–Trinajstić information content (AvgIpc) is 2.57. The molecule has 1 saturated heterocycles. The van der Waals surface area contributed by atoms with E-state index in [9.17, 15) is 14.3 Å². The van der Waals surface area contributed by atoms with Crippen LogP contribution in [0.4, 0.5) is 4.39 Å². The summed E-state index contributed by atoms with van der Waals surface area (Å²) in [6, 6.07) is 6.37. The zero-order valence-corrected chi connectivity index (χ0v) is 9.06. The first-order valence-corrected chi connectivity index (χ1v) is 5.24. The molecule has 4 heteroatoms. The normalized spacial score (nSPS) is 25.1. The Morgan fingerprint density at radius 1 is 1.44 bits per heavy atom. The van der Waals surface area contributed by atoms with Gasteiger partial charge in [0, 0.05) is 19.4 Å². The highest BCUT2D eigenvalue weighted by atomic mass is 19.1. The Labute approximate surface area is 93.5 Å². The van der Waals surface area contributed by atoms with Crippen LogP contribution in [0.5, 0.6) is 5.75 Å². The maximum Gasteiger partial charge on any atom is 0.223 e. The second-order valence-electron chi connectivity index (χ2n) is 4.16. The third kappa shape index (κ3) is 1.75. The molecule has 0 aromatic heterocycles. The van der Waals surface area contributed by atoms with Crippen LogP contribution in [0.1, 0.15) is 18.0 Å². The molecular formula is C12H14FNO2. The fourth-order valence-corrected chi connectivity index (χ4v) is 2.26. The zero-order chi connectivity index (χ0) is 11.7. The van der Waals surface area contributed by atoms with Gasteiger partial charge in [0.1, 0.15) is 5.75 Å². The number of alkyl halides is 1. The number of hydrogen-bond donors (Lipinski definition) is 1. The minimum atomic E-state index is -0.498. The van der Waals surface area contributed by atoms with E-state index in [1.165, 1.54) is 0 Å². The average molecular weight is 223 g/mol. The number of amides is 1. The number of halogens is 1. The Bertz CT molecular complexity index is 391. The third-order valence-electron chi connectivity index (χ3n) is 3.13. The van der Waals surface area contributed by atoms with E-state index in [0.29, 0.717) is 0 Å². The molecule has 3 nitrogen and oxygen atoms in total. The molecule has 1 aromatic rings. The van der Waals surface area contributed by atoms with Crippen LogP contribution < -0.4 is 0 Å². The number of benzene rings is 1. The van der Waals surface area contributed by atoms with Gasteiger partial charge in [0.2, 0.25) is 5.91 Å². The molecule has 1 amide bonds. The van der Waals surface area contributed by atoms with Crippen molar-refractivity contribution in [3.05, 3.63) is 29.8 Å². The lowest BCUT2D eigenvalue weighted by Gasteiger charge is -2.23. The summed E-state index contributed by atoms with van der Waals surface area (Å²) in [5.41, 5.74) is 0.869. The maximum absolute atomic E-state index is 12.8. The van der Waals surface area contributed by atoms with E-state index in [-0.39, 0.29) is 30.0 Å². The minimum Gasteiger partial charge on any atom is -0.508 e. The molecule has 1 aromatic carbocycles. The zero-order valence-electron chi connectivity index (χ0n) is 9.06. The summed E-state index contributed by atoms with van der Waals surface area (Å²) in [6.45, 7) is -0.498. The lowest BCUT2D eigenvalue weighted by molar-refractivity contribution is -0.127. The van der Waals surface area contributed by atoms with Crippen LogP contribution >= 0.6 is 0 Å². The monoisotopic (exact) mass is 223 g/mol. The summed E-state index contributed by atoms with van der Waals surface area (Å²) in [6.07, 6.45) is 0.262. The van der Waals surface area contributed by atoms with E-state index < -0.39 is 6.67 Å². The molecule has 86 valence electrons. The predicted octanol–water partition coefficient (Wildman–Crippen LogP) is 1.88. The van der Waals surface area contributed by atoms with Gasteiger partial charge < -0.3 is 10.0 Å². The second-order valence-corrected chi connectivity index (χ2v) is 4.16. The number of carbonyl (C=O) groups is 1. The van der Waals surface area contributed by atoms with Crippen LogP contribution in [-0.2, 0) is 4.79 Å². The Morgan fingerprint density at radius 2 is 2.06 bits per heavy atom. The third-order valence-corrected chi connectivity index (χ3v) is 3.13. The van der Waals surface area contributed by atoms with E-state index >= 15 is 0 Å². The van der Waals surface area contributed by atoms with Crippen LogP contribution in [-0.4, -0.2) is 29.6 Å². The van der Waals surface area contributed by atoms with E-state index in [1.54, 1.807) is 36.2 Å². The SMILES string of the molecule is CN1C(=O)CC(CF)C1c1ccc(O)cc1. The fourth-order valence-electron chi connectivity index (χ4n) is 2.26. The number of likely N-dealkylation sites (tertiary alicyclic amines) is 1. The Hall–Kier alpha value is -1.58. The van der Waals surface area contributed by atoms with Gasteiger partial charge in [-0.2, -0.15) is 0 Å². The second kappa shape index (κ2) is 4.12. The number of carbonyl (C=O) groups excluding carboxylic acids is 1. The summed E-state index contributed by atoms with van der Waals surface area (Å²) in [7, 11) is 1.69. The summed E-state index contributed by atoms with van der Waals surface area (Å²) < 4.78 is 12.8. The Balaban J connectivity index is 2.31. The van der Waals surface area contributed by atoms with Crippen molar-refractivity contribution in [2.75, 3.05) is 13.7 Å². The molecule has 0 radical (unpaired) electrons. The molecule has 2 unspecified atom stereocenters. The summed E-state index contributed by atoms with van der Waals surface area (Å²) >= 11 is 0. The number of rotatable bonds is 2. The Morgan fingerprint density at radius 3 is 2.62 bits per heavy atom. The summed E-state index contributed by atoms with van der Waals surface area (Å²) in [5, 5.41) is 9.19. The number of nitrogens with zero attached hydrogens (tertiary/aromatic N) is 1. The molecule has 1 N–H and O–H groups in total. The highest BCUT2D eigenvalue weighted by Gasteiger charge is 2.38. The van der Waals surface area contributed by atoms with Crippen molar-refractivity contribution in [2.45, 2.75) is 12.5 Å². The molecule has 1 fully saturated rings. The van der Waals surface area contributed by atoms with Gasteiger partial charge >= 0.3 is 0 Å². The molecule has 0 saturated carbocycles. The van der Waals surface area contributed by atoms with Crippen molar-refractivity contribution >= 4 is 5.91 Å². The summed E-state index contributed by atoms with van der Waals surface area (Å²) in [5.74, 6) is -0.129. The largest absolute Gasteiger partial charge is 0.508 e. The van der Waals surface area contributed by atoms with Gasteiger partial charge in [0.15, 0.2) is 0 Å². The van der Waals surface area contributed by atoms with Crippen molar-refractivity contribution < 1.29 is 14.3 Å². The minimum absolute atomic E-state index is 0.0271. The van der Waals surface area contributed by atoms with Crippen molar-refractivity contribution in [2.24, 2.45) is 5.92 Å². The standard InChI is InChI=1S/C12H14FNO2/c1-14-11(16)6-9(7-13)12(14)8-2-4-10(15)5-3-8/h2-5,9,12,15H,6-7H2,1H3. The van der Waals surface area contributed by atoms with Crippen molar-refractivity contribution in [3.8, 4) is 5.75 Å². The molecular weight excluding hydrogens is 209 g/mol. The van der Waals surface area contributed by atoms with Gasteiger partial charge in [-0.25, -0.2) is 0 Å². The first-order chi connectivity index (χ1) is 7.63. The predicted molar refractivity (Wildman–Crippen MR) is 57.7 cm³/mol. The van der Waals surface area contributed by atoms with E-state index in [0.717, 1.165) is 5.56 Å². The van der Waals surface area contributed by atoms with Crippen molar-refractivity contribution in [3.63, 3.8) is 0 Å². The van der Waals surface area contributed by atoms with Crippen LogP contribution in [0.2, 0.25) is 0 Å². The number of phenols is 1. The summed E-state index contributed by atoms with van der Waals surface area (Å²) in [4.78, 5) is 13.1. The fraction of sp³-hybridized carbons (Fsp3) is 0.417.